The summed E-state index contributed by atoms with van der Waals surface area (Å²) in [6.07, 6.45) is 2.47. The molecular formula is C14H18N4O4. The Balaban J connectivity index is 2.52. The molecule has 22 heavy (non-hydrogen) atoms. The second-order valence-corrected chi connectivity index (χ2v) is 4.66. The number of aliphatic hydroxyl groups excluding tert-OH is 1. The molecule has 2 rings (SSSR count). The largest absolute Gasteiger partial charge is 0.472 e. The van der Waals surface area contributed by atoms with Crippen LogP contribution in [0.25, 0.3) is 5.69 Å². The molecule has 0 spiro atoms. The number of aryl methyl sites for hydroxylation is 1. The van der Waals surface area contributed by atoms with Gasteiger partial charge in [-0.25, -0.2) is 4.68 Å². The summed E-state index contributed by atoms with van der Waals surface area (Å²) in [6, 6.07) is 3.55. The number of hydrogen-bond acceptors (Lipinski definition) is 6. The van der Waals surface area contributed by atoms with E-state index >= 15 is 0 Å². The Kier molecular flexibility index (Phi) is 5.05. The van der Waals surface area contributed by atoms with Crippen LogP contribution in [0, 0.1) is 17.0 Å². The van der Waals surface area contributed by atoms with Crippen LogP contribution >= 0.6 is 0 Å². The fraction of sp³-hybridized carbons (Fsp3) is 0.429. The van der Waals surface area contributed by atoms with Crippen molar-refractivity contribution >= 4 is 5.69 Å². The Morgan fingerprint density at radius 1 is 1.50 bits per heavy atom. The summed E-state index contributed by atoms with van der Waals surface area (Å²) in [4.78, 5) is 15.1. The fourth-order valence-corrected chi connectivity index (χ4v) is 2.15. The van der Waals surface area contributed by atoms with Crippen molar-refractivity contribution in [2.24, 2.45) is 0 Å². The lowest BCUT2D eigenvalue weighted by Gasteiger charge is -2.06. The van der Waals surface area contributed by atoms with Crippen molar-refractivity contribution in [1.82, 2.24) is 14.8 Å². The molecule has 0 aromatic carbocycles. The van der Waals surface area contributed by atoms with Gasteiger partial charge in [0.1, 0.15) is 5.69 Å². The summed E-state index contributed by atoms with van der Waals surface area (Å²) in [5, 5.41) is 24.4. The number of nitro groups is 1. The minimum absolute atomic E-state index is 0.0291. The van der Waals surface area contributed by atoms with E-state index in [0.29, 0.717) is 24.2 Å². The monoisotopic (exact) mass is 306 g/mol. The number of ether oxygens (including phenoxy) is 1. The molecule has 0 atom stereocenters. The maximum atomic E-state index is 11.4. The van der Waals surface area contributed by atoms with Gasteiger partial charge < -0.3 is 9.84 Å². The van der Waals surface area contributed by atoms with Gasteiger partial charge in [0.15, 0.2) is 0 Å². The van der Waals surface area contributed by atoms with E-state index in [0.717, 1.165) is 5.69 Å². The first-order valence-electron chi connectivity index (χ1n) is 7.02. The zero-order chi connectivity index (χ0) is 16.1. The summed E-state index contributed by atoms with van der Waals surface area (Å²) in [5.74, 6) is -0.0291. The van der Waals surface area contributed by atoms with Crippen molar-refractivity contribution in [3.8, 4) is 11.6 Å². The second-order valence-electron chi connectivity index (χ2n) is 4.66. The maximum absolute atomic E-state index is 11.4. The number of pyridine rings is 1. The molecule has 8 heteroatoms. The normalized spacial score (nSPS) is 10.7. The van der Waals surface area contributed by atoms with Crippen LogP contribution in [0.3, 0.4) is 0 Å². The molecule has 2 heterocycles. The molecule has 0 aliphatic rings. The van der Waals surface area contributed by atoms with Crippen molar-refractivity contribution < 1.29 is 14.8 Å². The van der Waals surface area contributed by atoms with Gasteiger partial charge in [0.25, 0.3) is 0 Å². The van der Waals surface area contributed by atoms with E-state index in [1.54, 1.807) is 18.3 Å². The fourth-order valence-electron chi connectivity index (χ4n) is 2.15. The highest BCUT2D eigenvalue weighted by atomic mass is 16.6. The van der Waals surface area contributed by atoms with Crippen molar-refractivity contribution in [3.05, 3.63) is 39.8 Å². The van der Waals surface area contributed by atoms with Gasteiger partial charge in [-0.3, -0.25) is 15.1 Å². The molecule has 0 unspecified atom stereocenters. The van der Waals surface area contributed by atoms with E-state index in [1.807, 2.05) is 13.8 Å². The van der Waals surface area contributed by atoms with Crippen LogP contribution in [0.5, 0.6) is 5.88 Å². The molecule has 0 amide bonds. The lowest BCUT2D eigenvalue weighted by Crippen LogP contribution is -2.05. The van der Waals surface area contributed by atoms with Crippen LogP contribution < -0.4 is 4.74 Å². The quantitative estimate of drug-likeness (QED) is 0.475. The van der Waals surface area contributed by atoms with E-state index in [9.17, 15) is 10.1 Å². The summed E-state index contributed by atoms with van der Waals surface area (Å²) >= 11 is 0. The van der Waals surface area contributed by atoms with Crippen LogP contribution in [0.15, 0.2) is 18.3 Å². The van der Waals surface area contributed by atoms with Crippen LogP contribution in [0.1, 0.15) is 24.7 Å². The van der Waals surface area contributed by atoms with Crippen LogP contribution in [0.2, 0.25) is 0 Å². The third-order valence-corrected chi connectivity index (χ3v) is 3.19. The van der Waals surface area contributed by atoms with Gasteiger partial charge in [0.05, 0.1) is 22.9 Å². The molecule has 2 aromatic rings. The van der Waals surface area contributed by atoms with Gasteiger partial charge >= 0.3 is 11.6 Å². The van der Waals surface area contributed by atoms with E-state index in [1.165, 1.54) is 4.68 Å². The van der Waals surface area contributed by atoms with Crippen molar-refractivity contribution in [1.29, 1.82) is 0 Å². The van der Waals surface area contributed by atoms with Crippen molar-refractivity contribution in [3.63, 3.8) is 0 Å². The third kappa shape index (κ3) is 3.06. The number of hydrogen-bond donors (Lipinski definition) is 1. The number of aromatic nitrogens is 3. The van der Waals surface area contributed by atoms with Gasteiger partial charge in [-0.15, -0.1) is 5.10 Å². The zero-order valence-corrected chi connectivity index (χ0v) is 12.5. The molecular weight excluding hydrogens is 288 g/mol. The minimum Gasteiger partial charge on any atom is -0.472 e. The van der Waals surface area contributed by atoms with Gasteiger partial charge in [-0.05, 0) is 25.5 Å². The SMILES string of the molecule is CCc1c([N+](=O)[O-])c(OCCCO)nn1-c1cccnc1C. The van der Waals surface area contributed by atoms with Gasteiger partial charge in [-0.2, -0.15) is 0 Å². The standard InChI is InChI=1S/C14H18N4O4/c1-3-11-13(18(20)21)14(22-9-5-8-19)16-17(11)12-6-4-7-15-10(12)2/h4,6-7,19H,3,5,8-9H2,1-2H3. The van der Waals surface area contributed by atoms with Gasteiger partial charge in [0, 0.05) is 19.2 Å². The van der Waals surface area contributed by atoms with Crippen LogP contribution in [0.4, 0.5) is 5.69 Å². The maximum Gasteiger partial charge on any atom is 0.353 e. The molecule has 0 bridgehead atoms. The van der Waals surface area contributed by atoms with Crippen LogP contribution in [-0.2, 0) is 6.42 Å². The van der Waals surface area contributed by atoms with E-state index in [-0.39, 0.29) is 24.8 Å². The van der Waals surface area contributed by atoms with Gasteiger partial charge in [-0.1, -0.05) is 6.92 Å². The average Bonchev–Trinajstić information content (AvgIpc) is 2.86. The number of aliphatic hydroxyl groups is 1. The Morgan fingerprint density at radius 3 is 2.86 bits per heavy atom. The Morgan fingerprint density at radius 2 is 2.27 bits per heavy atom. The van der Waals surface area contributed by atoms with E-state index in [2.05, 4.69) is 10.1 Å². The molecule has 118 valence electrons. The highest BCUT2D eigenvalue weighted by Gasteiger charge is 2.29. The molecule has 0 aliphatic carbocycles. The summed E-state index contributed by atoms with van der Waals surface area (Å²) in [5.41, 5.74) is 1.72. The zero-order valence-electron chi connectivity index (χ0n) is 12.5. The first-order valence-corrected chi connectivity index (χ1v) is 7.02. The molecule has 2 aromatic heterocycles. The Hall–Kier alpha value is -2.48. The molecule has 0 aliphatic heterocycles. The van der Waals surface area contributed by atoms with Crippen LogP contribution in [-0.4, -0.2) is 38.0 Å². The Bertz CT molecular complexity index is 669. The first kappa shape index (κ1) is 15.9. The van der Waals surface area contributed by atoms with Crippen molar-refractivity contribution in [2.75, 3.05) is 13.2 Å². The predicted octanol–water partition coefficient (Wildman–Crippen LogP) is 1.81. The smallest absolute Gasteiger partial charge is 0.353 e. The third-order valence-electron chi connectivity index (χ3n) is 3.19. The molecule has 0 saturated carbocycles. The first-order chi connectivity index (χ1) is 10.6. The number of rotatable bonds is 7. The lowest BCUT2D eigenvalue weighted by atomic mass is 10.2. The molecule has 0 saturated heterocycles. The topological polar surface area (TPSA) is 103 Å². The van der Waals surface area contributed by atoms with Gasteiger partial charge in [0.2, 0.25) is 0 Å². The molecule has 0 radical (unpaired) electrons. The number of nitrogens with zero attached hydrogens (tertiary/aromatic N) is 4. The highest BCUT2D eigenvalue weighted by Crippen LogP contribution is 2.33. The molecule has 0 fully saturated rings. The highest BCUT2D eigenvalue weighted by molar-refractivity contribution is 5.51. The summed E-state index contributed by atoms with van der Waals surface area (Å²) in [6.45, 7) is 3.76. The summed E-state index contributed by atoms with van der Waals surface area (Å²) < 4.78 is 6.88. The molecule has 1 N–H and O–H groups in total. The van der Waals surface area contributed by atoms with Crippen molar-refractivity contribution in [2.45, 2.75) is 26.7 Å². The summed E-state index contributed by atoms with van der Waals surface area (Å²) in [7, 11) is 0. The Labute approximate surface area is 127 Å². The minimum atomic E-state index is -0.484. The molecule has 8 nitrogen and oxygen atoms in total. The predicted molar refractivity (Wildman–Crippen MR) is 79.3 cm³/mol. The second kappa shape index (κ2) is 6.99. The van der Waals surface area contributed by atoms with E-state index < -0.39 is 4.92 Å². The lowest BCUT2D eigenvalue weighted by molar-refractivity contribution is -0.386. The average molecular weight is 306 g/mol. The van der Waals surface area contributed by atoms with E-state index in [4.69, 9.17) is 9.84 Å².